The number of piperazine rings is 1. The zero-order valence-corrected chi connectivity index (χ0v) is 20.8. The van der Waals surface area contributed by atoms with E-state index in [4.69, 9.17) is 17.0 Å². The van der Waals surface area contributed by atoms with Gasteiger partial charge in [-0.3, -0.25) is 0 Å². The Hall–Kier alpha value is -2.08. The first-order valence-corrected chi connectivity index (χ1v) is 13.6. The maximum Gasteiger partial charge on any atom is 0.341 e. The van der Waals surface area contributed by atoms with E-state index in [1.54, 1.807) is 18.3 Å². The molecule has 1 aromatic carbocycles. The third-order valence-electron chi connectivity index (χ3n) is 5.85. The van der Waals surface area contributed by atoms with Gasteiger partial charge in [0, 0.05) is 31.1 Å². The summed E-state index contributed by atoms with van der Waals surface area (Å²) in [4.78, 5) is 15.8. The van der Waals surface area contributed by atoms with Gasteiger partial charge in [-0.05, 0) is 74.7 Å². The molecule has 1 N–H and O–H groups in total. The summed E-state index contributed by atoms with van der Waals surface area (Å²) < 4.78 is 45.5. The summed E-state index contributed by atoms with van der Waals surface area (Å²) in [5.41, 5.74) is 1.64. The first-order valence-electron chi connectivity index (χ1n) is 10.9. The van der Waals surface area contributed by atoms with Crippen molar-refractivity contribution in [1.82, 2.24) is 9.21 Å². The van der Waals surface area contributed by atoms with Crippen LogP contribution in [0.5, 0.6) is 0 Å². The summed E-state index contributed by atoms with van der Waals surface area (Å²) in [5.74, 6) is -0.815. The van der Waals surface area contributed by atoms with Gasteiger partial charge in [0.15, 0.2) is 5.11 Å². The van der Waals surface area contributed by atoms with E-state index < -0.39 is 15.8 Å². The first-order chi connectivity index (χ1) is 15.8. The number of aryl methyl sites for hydroxylation is 1. The molecule has 7 nitrogen and oxygen atoms in total. The molecule has 0 bridgehead atoms. The lowest BCUT2D eigenvalue weighted by molar-refractivity contribution is 0.0526. The highest BCUT2D eigenvalue weighted by molar-refractivity contribution is 7.89. The molecule has 2 heterocycles. The zero-order valence-electron chi connectivity index (χ0n) is 18.3. The largest absolute Gasteiger partial charge is 0.462 e. The Morgan fingerprint density at radius 1 is 1.15 bits per heavy atom. The Kier molecular flexibility index (Phi) is 7.32. The second-order valence-electron chi connectivity index (χ2n) is 7.91. The van der Waals surface area contributed by atoms with Crippen LogP contribution >= 0.6 is 23.6 Å². The van der Waals surface area contributed by atoms with Crippen molar-refractivity contribution in [2.75, 3.05) is 38.1 Å². The van der Waals surface area contributed by atoms with Gasteiger partial charge >= 0.3 is 5.97 Å². The molecule has 0 saturated carbocycles. The van der Waals surface area contributed by atoms with Crippen LogP contribution in [-0.4, -0.2) is 61.5 Å². The smallest absolute Gasteiger partial charge is 0.341 e. The maximum atomic E-state index is 13.2. The van der Waals surface area contributed by atoms with Crippen LogP contribution in [0.15, 0.2) is 29.2 Å². The fourth-order valence-electron chi connectivity index (χ4n) is 4.14. The molecule has 0 amide bonds. The predicted octanol–water partition coefficient (Wildman–Crippen LogP) is 3.65. The Labute approximate surface area is 202 Å². The van der Waals surface area contributed by atoms with Gasteiger partial charge in [0.25, 0.3) is 0 Å². The van der Waals surface area contributed by atoms with E-state index in [0.717, 1.165) is 43.4 Å². The average molecular weight is 512 g/mol. The van der Waals surface area contributed by atoms with Gasteiger partial charge < -0.3 is 15.0 Å². The van der Waals surface area contributed by atoms with Gasteiger partial charge in [-0.25, -0.2) is 17.6 Å². The minimum Gasteiger partial charge on any atom is -0.462 e. The molecule has 1 aromatic heterocycles. The number of sulfonamides is 1. The molecule has 178 valence electrons. The second-order valence-corrected chi connectivity index (χ2v) is 11.3. The van der Waals surface area contributed by atoms with Crippen LogP contribution in [0.25, 0.3) is 0 Å². The molecule has 1 saturated heterocycles. The van der Waals surface area contributed by atoms with Crippen LogP contribution in [0.2, 0.25) is 0 Å². The molecule has 33 heavy (non-hydrogen) atoms. The van der Waals surface area contributed by atoms with Crippen LogP contribution in [-0.2, 0) is 27.6 Å². The third-order valence-corrected chi connectivity index (χ3v) is 9.33. The van der Waals surface area contributed by atoms with Crippen LogP contribution < -0.4 is 5.32 Å². The first kappa shape index (κ1) is 24.1. The summed E-state index contributed by atoms with van der Waals surface area (Å²) in [7, 11) is -3.70. The van der Waals surface area contributed by atoms with Gasteiger partial charge in [0.2, 0.25) is 10.0 Å². The van der Waals surface area contributed by atoms with Gasteiger partial charge in [-0.1, -0.05) is 0 Å². The Morgan fingerprint density at radius 2 is 1.82 bits per heavy atom. The number of fused-ring (bicyclic) bond motifs is 1. The number of anilines is 1. The number of thiophene rings is 1. The standard InChI is InChI=1S/C22H26FN3O4S3/c1-2-30-21(27)19-17-5-3-4-6-18(17)32-20(19)24-22(31)25-11-13-26(14-12-25)33(28,29)16-9-7-15(23)8-10-16/h7-10H,2-6,11-14H2,1H3,(H,24,31). The Balaban J connectivity index is 1.44. The number of hydrogen-bond acceptors (Lipinski definition) is 6. The lowest BCUT2D eigenvalue weighted by Gasteiger charge is -2.35. The number of thiocarbonyl (C=S) groups is 1. The summed E-state index contributed by atoms with van der Waals surface area (Å²) in [6.45, 7) is 3.42. The summed E-state index contributed by atoms with van der Waals surface area (Å²) in [6.07, 6.45) is 3.95. The predicted molar refractivity (Wildman–Crippen MR) is 130 cm³/mol. The highest BCUT2D eigenvalue weighted by atomic mass is 32.2. The third kappa shape index (κ3) is 5.06. The van der Waals surface area contributed by atoms with Gasteiger partial charge in [-0.2, -0.15) is 4.31 Å². The quantitative estimate of drug-likeness (QED) is 0.485. The van der Waals surface area contributed by atoms with Gasteiger partial charge in [-0.15, -0.1) is 11.3 Å². The summed E-state index contributed by atoms with van der Waals surface area (Å²) in [5, 5.41) is 4.39. The SMILES string of the molecule is CCOC(=O)c1c(NC(=S)N2CCN(S(=O)(=O)c3ccc(F)cc3)CC2)sc2c1CCCC2. The number of carbonyl (C=O) groups is 1. The van der Waals surface area contributed by atoms with Crippen molar-refractivity contribution in [2.24, 2.45) is 0 Å². The molecule has 0 unspecified atom stereocenters. The number of hydrogen-bond donors (Lipinski definition) is 1. The second kappa shape index (κ2) is 10.0. The molecule has 1 fully saturated rings. The van der Waals surface area contributed by atoms with Crippen molar-refractivity contribution in [1.29, 1.82) is 0 Å². The summed E-state index contributed by atoms with van der Waals surface area (Å²) in [6, 6.07) is 4.84. The molecule has 2 aliphatic rings. The van der Waals surface area contributed by atoms with Crippen LogP contribution in [0.4, 0.5) is 9.39 Å². The number of rotatable bonds is 5. The zero-order chi connectivity index (χ0) is 23.6. The van der Waals surface area contributed by atoms with Crippen molar-refractivity contribution >= 4 is 49.7 Å². The number of halogens is 1. The van der Waals surface area contributed by atoms with Crippen LogP contribution in [0.1, 0.15) is 40.6 Å². The van der Waals surface area contributed by atoms with Crippen molar-refractivity contribution in [2.45, 2.75) is 37.5 Å². The molecule has 1 aliphatic heterocycles. The highest BCUT2D eigenvalue weighted by Crippen LogP contribution is 2.38. The number of ether oxygens (including phenoxy) is 1. The van der Waals surface area contributed by atoms with E-state index in [1.807, 2.05) is 4.90 Å². The molecule has 0 spiro atoms. The number of nitrogens with one attached hydrogen (secondary N) is 1. The fourth-order valence-corrected chi connectivity index (χ4v) is 7.18. The van der Waals surface area contributed by atoms with E-state index in [1.165, 1.54) is 21.3 Å². The van der Waals surface area contributed by atoms with Crippen LogP contribution in [0.3, 0.4) is 0 Å². The van der Waals surface area contributed by atoms with E-state index in [-0.39, 0.29) is 24.0 Å². The van der Waals surface area contributed by atoms with Gasteiger partial charge in [0.05, 0.1) is 17.1 Å². The minimum absolute atomic E-state index is 0.0706. The maximum absolute atomic E-state index is 13.2. The number of benzene rings is 1. The molecular weight excluding hydrogens is 485 g/mol. The van der Waals surface area contributed by atoms with Crippen LogP contribution in [0, 0.1) is 5.82 Å². The monoisotopic (exact) mass is 511 g/mol. The Morgan fingerprint density at radius 3 is 2.48 bits per heavy atom. The van der Waals surface area contributed by atoms with Crippen molar-refractivity contribution in [3.8, 4) is 0 Å². The van der Waals surface area contributed by atoms with E-state index in [0.29, 0.717) is 35.4 Å². The number of esters is 1. The summed E-state index contributed by atoms with van der Waals surface area (Å²) >= 11 is 7.16. The van der Waals surface area contributed by atoms with E-state index in [9.17, 15) is 17.6 Å². The lowest BCUT2D eigenvalue weighted by atomic mass is 9.95. The molecule has 1 aliphatic carbocycles. The van der Waals surface area contributed by atoms with Crippen molar-refractivity contribution in [3.63, 3.8) is 0 Å². The topological polar surface area (TPSA) is 79.0 Å². The highest BCUT2D eigenvalue weighted by Gasteiger charge is 2.31. The van der Waals surface area contributed by atoms with Crippen molar-refractivity contribution in [3.05, 3.63) is 46.1 Å². The molecule has 0 radical (unpaired) electrons. The lowest BCUT2D eigenvalue weighted by Crippen LogP contribution is -2.51. The molecular formula is C22H26FN3O4S3. The normalized spacial score (nSPS) is 16.8. The molecule has 2 aromatic rings. The fraction of sp³-hybridized carbons (Fsp3) is 0.455. The van der Waals surface area contributed by atoms with Gasteiger partial charge in [0.1, 0.15) is 10.8 Å². The van der Waals surface area contributed by atoms with E-state index >= 15 is 0 Å². The minimum atomic E-state index is -3.70. The van der Waals surface area contributed by atoms with Crippen molar-refractivity contribution < 1.29 is 22.3 Å². The molecule has 0 atom stereocenters. The van der Waals surface area contributed by atoms with E-state index in [2.05, 4.69) is 5.32 Å². The molecule has 11 heteroatoms. The average Bonchev–Trinajstić information content (AvgIpc) is 3.17. The number of carbonyl (C=O) groups excluding carboxylic acids is 1. The molecule has 4 rings (SSSR count). The Bertz CT molecular complexity index is 1140. The number of nitrogens with zero attached hydrogens (tertiary/aromatic N) is 2.